The van der Waals surface area contributed by atoms with Crippen molar-refractivity contribution < 1.29 is 48.3 Å². The first kappa shape index (κ1) is 28.1. The van der Waals surface area contributed by atoms with Crippen molar-refractivity contribution in [3.8, 4) is 0 Å². The van der Waals surface area contributed by atoms with E-state index in [1.807, 2.05) is 0 Å². The van der Waals surface area contributed by atoms with Gasteiger partial charge in [0.25, 0.3) is 0 Å². The highest BCUT2D eigenvalue weighted by atomic mass is 16.7. The molecule has 0 unspecified atom stereocenters. The minimum absolute atomic E-state index is 0.104. The molecule has 0 aliphatic heterocycles. The number of carbonyl (C=O) groups excluding carboxylic acids is 4. The maximum atomic E-state index is 12.6. The third-order valence-corrected chi connectivity index (χ3v) is 8.03. The second kappa shape index (κ2) is 9.41. The number of carboxylic acids is 2. The number of ether oxygens (including phenoxy) is 4. The quantitative estimate of drug-likeness (QED) is 0.445. The van der Waals surface area contributed by atoms with E-state index >= 15 is 0 Å². The Bertz CT molecular complexity index is 809. The average Bonchev–Trinajstić information content (AvgIpc) is 2.62. The Morgan fingerprint density at radius 1 is 0.694 bits per heavy atom. The number of rotatable bonds is 8. The smallest absolute Gasteiger partial charge is 0.508 e. The van der Waals surface area contributed by atoms with Gasteiger partial charge in [-0.3, -0.25) is 0 Å². The molecule has 36 heavy (non-hydrogen) atoms. The minimum atomic E-state index is -1.32. The average molecular weight is 511 g/mol. The van der Waals surface area contributed by atoms with Crippen LogP contribution in [0, 0.1) is 28.1 Å². The van der Waals surface area contributed by atoms with Gasteiger partial charge in [0.05, 0.1) is 5.41 Å². The first-order chi connectivity index (χ1) is 16.4. The SMILES string of the molecule is CC(C)(C)OC(=O)OCC1(COC(=O)OC(C)(C)C)C2(CC(=O)[O-])CC3CC(C2)CC1(CC(=O)[O-])C3. The number of hydrogen-bond donors (Lipinski definition) is 0. The van der Waals surface area contributed by atoms with Crippen LogP contribution in [-0.4, -0.2) is 48.7 Å². The van der Waals surface area contributed by atoms with Gasteiger partial charge >= 0.3 is 12.3 Å². The fourth-order valence-electron chi connectivity index (χ4n) is 7.43. The zero-order valence-electron chi connectivity index (χ0n) is 22.1. The molecule has 0 aromatic carbocycles. The summed E-state index contributed by atoms with van der Waals surface area (Å²) < 4.78 is 21.7. The van der Waals surface area contributed by atoms with Crippen molar-refractivity contribution in [1.29, 1.82) is 0 Å². The Morgan fingerprint density at radius 2 is 1.03 bits per heavy atom. The topological polar surface area (TPSA) is 151 Å². The van der Waals surface area contributed by atoms with E-state index in [9.17, 15) is 29.4 Å². The lowest BCUT2D eigenvalue weighted by Crippen LogP contribution is -2.70. The lowest BCUT2D eigenvalue weighted by molar-refractivity contribution is -0.329. The van der Waals surface area contributed by atoms with Crippen molar-refractivity contribution >= 4 is 24.2 Å². The van der Waals surface area contributed by atoms with Gasteiger partial charge in [0.15, 0.2) is 0 Å². The van der Waals surface area contributed by atoms with E-state index in [0.717, 1.165) is 6.42 Å². The molecular weight excluding hydrogens is 472 g/mol. The molecule has 0 saturated heterocycles. The van der Waals surface area contributed by atoms with E-state index in [0.29, 0.717) is 25.7 Å². The normalized spacial score (nSPS) is 30.4. The third-order valence-electron chi connectivity index (χ3n) is 8.03. The highest BCUT2D eigenvalue weighted by Gasteiger charge is 2.72. The fourth-order valence-corrected chi connectivity index (χ4v) is 7.43. The molecule has 10 nitrogen and oxygen atoms in total. The molecule has 4 rings (SSSR count). The van der Waals surface area contributed by atoms with Crippen molar-refractivity contribution in [2.24, 2.45) is 28.1 Å². The summed E-state index contributed by atoms with van der Waals surface area (Å²) in [6.45, 7) is 9.31. The molecule has 4 aliphatic rings. The third kappa shape index (κ3) is 5.72. The summed E-state index contributed by atoms with van der Waals surface area (Å²) >= 11 is 0. The van der Waals surface area contributed by atoms with E-state index < -0.39 is 51.7 Å². The summed E-state index contributed by atoms with van der Waals surface area (Å²) in [5.41, 5.74) is -5.01. The Hall–Kier alpha value is -2.52. The fraction of sp³-hybridized carbons (Fsp3) is 0.846. The Kier molecular flexibility index (Phi) is 7.34. The number of aliphatic carboxylic acids is 2. The second-order valence-electron chi connectivity index (χ2n) is 13.0. The van der Waals surface area contributed by atoms with E-state index in [2.05, 4.69) is 0 Å². The Morgan fingerprint density at radius 3 is 1.31 bits per heavy atom. The van der Waals surface area contributed by atoms with Crippen LogP contribution in [0.3, 0.4) is 0 Å². The van der Waals surface area contributed by atoms with Crippen LogP contribution in [0.4, 0.5) is 9.59 Å². The summed E-state index contributed by atoms with van der Waals surface area (Å²) in [6, 6.07) is 0. The van der Waals surface area contributed by atoms with Gasteiger partial charge in [-0.25, -0.2) is 9.59 Å². The van der Waals surface area contributed by atoms with Crippen LogP contribution in [-0.2, 0) is 28.5 Å². The molecule has 4 saturated carbocycles. The first-order valence-corrected chi connectivity index (χ1v) is 12.5. The zero-order valence-corrected chi connectivity index (χ0v) is 22.1. The van der Waals surface area contributed by atoms with E-state index in [4.69, 9.17) is 18.9 Å². The van der Waals surface area contributed by atoms with Crippen LogP contribution in [0.15, 0.2) is 0 Å². The van der Waals surface area contributed by atoms with Crippen LogP contribution in [0.5, 0.6) is 0 Å². The summed E-state index contributed by atoms with van der Waals surface area (Å²) in [5, 5.41) is 24.1. The molecule has 204 valence electrons. The molecule has 0 radical (unpaired) electrons. The molecule has 0 amide bonds. The van der Waals surface area contributed by atoms with Crippen molar-refractivity contribution in [2.75, 3.05) is 13.2 Å². The number of carbonyl (C=O) groups is 4. The molecule has 0 N–H and O–H groups in total. The molecule has 0 aromatic heterocycles. The lowest BCUT2D eigenvalue weighted by atomic mass is 9.32. The van der Waals surface area contributed by atoms with E-state index in [-0.39, 0.29) is 37.9 Å². The largest absolute Gasteiger partial charge is 0.550 e. The van der Waals surface area contributed by atoms with Gasteiger partial charge in [-0.2, -0.15) is 0 Å². The molecule has 4 bridgehead atoms. The highest BCUT2D eigenvalue weighted by Crippen LogP contribution is 2.75. The van der Waals surface area contributed by atoms with Gasteiger partial charge in [0.1, 0.15) is 24.4 Å². The zero-order chi connectivity index (χ0) is 27.2. The summed E-state index contributed by atoms with van der Waals surface area (Å²) in [5.74, 6) is -2.38. The molecule has 0 spiro atoms. The van der Waals surface area contributed by atoms with Crippen molar-refractivity contribution in [3.05, 3.63) is 0 Å². The first-order valence-electron chi connectivity index (χ1n) is 12.5. The Labute approximate surface area is 212 Å². The monoisotopic (exact) mass is 510 g/mol. The molecule has 4 aliphatic carbocycles. The number of hydrogen-bond acceptors (Lipinski definition) is 10. The molecule has 0 atom stereocenters. The minimum Gasteiger partial charge on any atom is -0.550 e. The Balaban J connectivity index is 2.07. The van der Waals surface area contributed by atoms with E-state index in [1.54, 1.807) is 41.5 Å². The van der Waals surface area contributed by atoms with Crippen LogP contribution in [0.2, 0.25) is 0 Å². The van der Waals surface area contributed by atoms with Gasteiger partial charge in [0.2, 0.25) is 0 Å². The van der Waals surface area contributed by atoms with Crippen LogP contribution in [0.25, 0.3) is 0 Å². The van der Waals surface area contributed by atoms with Gasteiger partial charge in [0, 0.05) is 11.9 Å². The molecule has 0 aromatic rings. The maximum Gasteiger partial charge on any atom is 0.508 e. The van der Waals surface area contributed by atoms with Crippen LogP contribution in [0.1, 0.15) is 86.5 Å². The number of carboxylic acid groups (broad SMARTS) is 2. The standard InChI is InChI=1S/C26H40O10/c1-22(2,3)35-20(31)33-14-26(15-34-21(32)36-23(4,5)6)24(12-18(27)28)8-16-7-17(10-24)11-25(26,9-16)13-19(29)30/h16-17H,7-15H2,1-6H3,(H,27,28)(H,29,30)/p-2. The predicted molar refractivity (Wildman–Crippen MR) is 121 cm³/mol. The van der Waals surface area contributed by atoms with Gasteiger partial charge in [-0.15, -0.1) is 0 Å². The highest BCUT2D eigenvalue weighted by molar-refractivity contribution is 5.68. The second-order valence-corrected chi connectivity index (χ2v) is 13.0. The molecule has 4 fully saturated rings. The predicted octanol–water partition coefficient (Wildman–Crippen LogP) is 2.35. The van der Waals surface area contributed by atoms with Crippen molar-refractivity contribution in [1.82, 2.24) is 0 Å². The summed E-state index contributed by atoms with van der Waals surface area (Å²) in [6.07, 6.45) is 0.0840. The summed E-state index contributed by atoms with van der Waals surface area (Å²) in [7, 11) is 0. The van der Waals surface area contributed by atoms with Crippen LogP contribution >= 0.6 is 0 Å². The van der Waals surface area contributed by atoms with Gasteiger partial charge in [-0.1, -0.05) is 0 Å². The lowest BCUT2D eigenvalue weighted by Gasteiger charge is -2.72. The molecular formula is C26H38O10-2. The van der Waals surface area contributed by atoms with Crippen molar-refractivity contribution in [3.63, 3.8) is 0 Å². The summed E-state index contributed by atoms with van der Waals surface area (Å²) in [4.78, 5) is 49.3. The van der Waals surface area contributed by atoms with Gasteiger partial charge in [-0.05, 0) is 109 Å². The maximum absolute atomic E-state index is 12.6. The van der Waals surface area contributed by atoms with Crippen molar-refractivity contribution in [2.45, 2.75) is 97.7 Å². The van der Waals surface area contributed by atoms with Crippen LogP contribution < -0.4 is 10.2 Å². The van der Waals surface area contributed by atoms with E-state index in [1.165, 1.54) is 0 Å². The van der Waals surface area contributed by atoms with Gasteiger partial charge < -0.3 is 38.7 Å². The molecule has 0 heterocycles. The molecule has 10 heteroatoms.